The molecule has 1 aliphatic rings. The van der Waals surface area contributed by atoms with E-state index in [1.165, 1.54) is 0 Å². The number of aromatic amines is 1. The first kappa shape index (κ1) is 15.6. The molecule has 3 heterocycles. The average Bonchev–Trinajstić information content (AvgIpc) is 2.94. The smallest absolute Gasteiger partial charge is 0.451 e. The molecule has 6 nitrogen and oxygen atoms in total. The maximum atomic E-state index is 13.1. The molecule has 0 saturated carbocycles. The molecule has 0 amide bonds. The minimum absolute atomic E-state index is 0.0679. The van der Waals surface area contributed by atoms with Gasteiger partial charge >= 0.3 is 6.18 Å². The lowest BCUT2D eigenvalue weighted by molar-refractivity contribution is -0.144. The number of alkyl halides is 3. The van der Waals surface area contributed by atoms with E-state index in [0.717, 1.165) is 0 Å². The number of nitrogens with zero attached hydrogens (tertiary/aromatic N) is 2. The van der Waals surface area contributed by atoms with Crippen molar-refractivity contribution in [3.8, 4) is 11.5 Å². The minimum Gasteiger partial charge on any atom is -0.486 e. The van der Waals surface area contributed by atoms with Crippen LogP contribution < -0.4 is 14.8 Å². The molecule has 130 valence electrons. The molecule has 0 bridgehead atoms. The Morgan fingerprint density at radius 2 is 1.84 bits per heavy atom. The maximum absolute atomic E-state index is 13.1. The Bertz CT molecular complexity index is 952. The second kappa shape index (κ2) is 5.54. The molecular weight excluding hydrogens is 337 g/mol. The SMILES string of the molecule is Cc1cc2c(Nc3ccc4c(c3)OCCO4)nc(C(F)(F)F)nc2[nH]1. The van der Waals surface area contributed by atoms with E-state index >= 15 is 0 Å². The molecule has 2 aromatic heterocycles. The molecule has 0 fully saturated rings. The Balaban J connectivity index is 1.77. The lowest BCUT2D eigenvalue weighted by atomic mass is 10.2. The van der Waals surface area contributed by atoms with Crippen LogP contribution in [0.15, 0.2) is 24.3 Å². The molecule has 2 N–H and O–H groups in total. The van der Waals surface area contributed by atoms with Gasteiger partial charge in [0.05, 0.1) is 5.39 Å². The molecule has 0 unspecified atom stereocenters. The van der Waals surface area contributed by atoms with Crippen LogP contribution in [0.3, 0.4) is 0 Å². The number of rotatable bonds is 2. The number of aromatic nitrogens is 3. The van der Waals surface area contributed by atoms with Crippen LogP contribution in [-0.4, -0.2) is 28.2 Å². The van der Waals surface area contributed by atoms with Crippen molar-refractivity contribution in [1.82, 2.24) is 15.0 Å². The van der Waals surface area contributed by atoms with Gasteiger partial charge in [0, 0.05) is 17.4 Å². The van der Waals surface area contributed by atoms with Crippen molar-refractivity contribution in [2.75, 3.05) is 18.5 Å². The van der Waals surface area contributed by atoms with Gasteiger partial charge in [-0.1, -0.05) is 0 Å². The summed E-state index contributed by atoms with van der Waals surface area (Å²) in [6.07, 6.45) is -4.64. The van der Waals surface area contributed by atoms with E-state index in [1.54, 1.807) is 31.2 Å². The van der Waals surface area contributed by atoms with Crippen LogP contribution in [0.5, 0.6) is 11.5 Å². The standard InChI is InChI=1S/C16H13F3N4O2/c1-8-6-10-13(20-8)22-15(16(17,18)19)23-14(10)21-9-2-3-11-12(7-9)25-5-4-24-11/h2-3,6-7H,4-5H2,1H3,(H2,20,21,22,23). The van der Waals surface area contributed by atoms with Crippen molar-refractivity contribution in [2.45, 2.75) is 13.1 Å². The van der Waals surface area contributed by atoms with Gasteiger partial charge in [0.1, 0.15) is 24.7 Å². The molecule has 0 saturated heterocycles. The van der Waals surface area contributed by atoms with Gasteiger partial charge < -0.3 is 19.8 Å². The number of hydrogen-bond acceptors (Lipinski definition) is 5. The van der Waals surface area contributed by atoms with Gasteiger partial charge in [0.25, 0.3) is 0 Å². The normalized spacial score (nSPS) is 13.9. The second-order valence-electron chi connectivity index (χ2n) is 5.59. The van der Waals surface area contributed by atoms with E-state index in [2.05, 4.69) is 20.3 Å². The summed E-state index contributed by atoms with van der Waals surface area (Å²) in [5, 5.41) is 3.39. The molecule has 25 heavy (non-hydrogen) atoms. The maximum Gasteiger partial charge on any atom is 0.451 e. The number of aryl methyl sites for hydroxylation is 1. The Hall–Kier alpha value is -2.97. The summed E-state index contributed by atoms with van der Waals surface area (Å²) in [6.45, 7) is 2.62. The number of halogens is 3. The zero-order chi connectivity index (χ0) is 17.6. The molecule has 0 atom stereocenters. The average molecular weight is 350 g/mol. The molecule has 0 radical (unpaired) electrons. The molecule has 0 aliphatic carbocycles. The summed E-state index contributed by atoms with van der Waals surface area (Å²) in [6, 6.07) is 6.74. The molecule has 1 aliphatic heterocycles. The lowest BCUT2D eigenvalue weighted by Gasteiger charge is -2.19. The minimum atomic E-state index is -4.64. The Kier molecular flexibility index (Phi) is 3.45. The summed E-state index contributed by atoms with van der Waals surface area (Å²) in [4.78, 5) is 10.0. The van der Waals surface area contributed by atoms with Crippen molar-refractivity contribution in [2.24, 2.45) is 0 Å². The number of benzene rings is 1. The van der Waals surface area contributed by atoms with Gasteiger partial charge in [0.2, 0.25) is 5.82 Å². The lowest BCUT2D eigenvalue weighted by Crippen LogP contribution is -2.15. The van der Waals surface area contributed by atoms with Crippen molar-refractivity contribution < 1.29 is 22.6 Å². The van der Waals surface area contributed by atoms with Crippen LogP contribution in [0.4, 0.5) is 24.7 Å². The topological polar surface area (TPSA) is 72.1 Å². The number of H-pyrrole nitrogens is 1. The summed E-state index contributed by atoms with van der Waals surface area (Å²) in [5.41, 5.74) is 1.35. The summed E-state index contributed by atoms with van der Waals surface area (Å²) in [7, 11) is 0. The van der Waals surface area contributed by atoms with E-state index in [9.17, 15) is 13.2 Å². The summed E-state index contributed by atoms with van der Waals surface area (Å²) >= 11 is 0. The second-order valence-corrected chi connectivity index (χ2v) is 5.59. The Morgan fingerprint density at radius 1 is 1.08 bits per heavy atom. The first-order valence-corrected chi connectivity index (χ1v) is 7.51. The fourth-order valence-electron chi connectivity index (χ4n) is 2.62. The van der Waals surface area contributed by atoms with Crippen LogP contribution in [0.1, 0.15) is 11.5 Å². The third-order valence-electron chi connectivity index (χ3n) is 3.68. The summed E-state index contributed by atoms with van der Waals surface area (Å²) < 4.78 is 50.1. The van der Waals surface area contributed by atoms with Crippen molar-refractivity contribution in [3.05, 3.63) is 35.8 Å². The summed E-state index contributed by atoms with van der Waals surface area (Å²) in [5.74, 6) is -0.0128. The van der Waals surface area contributed by atoms with Crippen molar-refractivity contribution >= 4 is 22.5 Å². The van der Waals surface area contributed by atoms with Gasteiger partial charge in [-0.25, -0.2) is 9.97 Å². The molecule has 3 aromatic rings. The highest BCUT2D eigenvalue weighted by Crippen LogP contribution is 2.35. The van der Waals surface area contributed by atoms with Crippen molar-refractivity contribution in [1.29, 1.82) is 0 Å². The van der Waals surface area contributed by atoms with Crippen molar-refractivity contribution in [3.63, 3.8) is 0 Å². The zero-order valence-corrected chi connectivity index (χ0v) is 13.1. The quantitative estimate of drug-likeness (QED) is 0.736. The third kappa shape index (κ3) is 2.92. The van der Waals surface area contributed by atoms with E-state index in [1.807, 2.05) is 0 Å². The molecule has 4 rings (SSSR count). The van der Waals surface area contributed by atoms with Gasteiger partial charge in [-0.15, -0.1) is 0 Å². The highest BCUT2D eigenvalue weighted by molar-refractivity contribution is 5.90. The first-order chi connectivity index (χ1) is 11.9. The van der Waals surface area contributed by atoms with Crippen LogP contribution >= 0.6 is 0 Å². The number of anilines is 2. The molecule has 9 heteroatoms. The highest BCUT2D eigenvalue weighted by atomic mass is 19.4. The van der Waals surface area contributed by atoms with Crippen LogP contribution in [0, 0.1) is 6.92 Å². The van der Waals surface area contributed by atoms with Gasteiger partial charge in [-0.05, 0) is 25.1 Å². The first-order valence-electron chi connectivity index (χ1n) is 7.51. The molecule has 1 aromatic carbocycles. The molecule has 0 spiro atoms. The number of fused-ring (bicyclic) bond motifs is 2. The Labute approximate surface area is 140 Å². The van der Waals surface area contributed by atoms with E-state index < -0.39 is 12.0 Å². The fraction of sp³-hybridized carbons (Fsp3) is 0.250. The van der Waals surface area contributed by atoms with E-state index in [4.69, 9.17) is 9.47 Å². The monoisotopic (exact) mass is 350 g/mol. The largest absolute Gasteiger partial charge is 0.486 e. The van der Waals surface area contributed by atoms with Crippen LogP contribution in [0.2, 0.25) is 0 Å². The Morgan fingerprint density at radius 3 is 2.60 bits per heavy atom. The van der Waals surface area contributed by atoms with E-state index in [0.29, 0.717) is 41.5 Å². The third-order valence-corrected chi connectivity index (χ3v) is 3.68. The predicted octanol–water partition coefficient (Wildman–Crippen LogP) is 3.80. The zero-order valence-electron chi connectivity index (χ0n) is 13.1. The van der Waals surface area contributed by atoms with E-state index in [-0.39, 0.29) is 11.5 Å². The number of hydrogen-bond donors (Lipinski definition) is 2. The number of nitrogens with one attached hydrogen (secondary N) is 2. The highest BCUT2D eigenvalue weighted by Gasteiger charge is 2.36. The number of ether oxygens (including phenoxy) is 2. The predicted molar refractivity (Wildman–Crippen MR) is 84.3 cm³/mol. The fourth-order valence-corrected chi connectivity index (χ4v) is 2.62. The van der Waals surface area contributed by atoms with Crippen LogP contribution in [0.25, 0.3) is 11.0 Å². The van der Waals surface area contributed by atoms with Gasteiger partial charge in [-0.2, -0.15) is 13.2 Å². The van der Waals surface area contributed by atoms with Crippen LogP contribution in [-0.2, 0) is 6.18 Å². The van der Waals surface area contributed by atoms with Gasteiger partial charge in [-0.3, -0.25) is 0 Å². The van der Waals surface area contributed by atoms with Gasteiger partial charge in [0.15, 0.2) is 11.5 Å². The molecular formula is C16H13F3N4O2.